The first-order chi connectivity index (χ1) is 12.8. The summed E-state index contributed by atoms with van der Waals surface area (Å²) >= 11 is 1.24. The average molecular weight is 385 g/mol. The van der Waals surface area contributed by atoms with E-state index in [9.17, 15) is 14.4 Å². The molecule has 0 aliphatic heterocycles. The minimum atomic E-state index is -0.199. The lowest BCUT2D eigenvalue weighted by atomic mass is 10.2. The molecule has 0 spiro atoms. The number of hydrogen-bond acceptors (Lipinski definition) is 4. The molecule has 0 bridgehead atoms. The first-order valence-electron chi connectivity index (χ1n) is 8.41. The van der Waals surface area contributed by atoms with Crippen LogP contribution in [0.15, 0.2) is 48.5 Å². The quantitative estimate of drug-likeness (QED) is 0.768. The van der Waals surface area contributed by atoms with Gasteiger partial charge in [-0.05, 0) is 48.9 Å². The minimum absolute atomic E-state index is 0.0944. The smallest absolute Gasteiger partial charge is 0.253 e. The number of benzene rings is 2. The van der Waals surface area contributed by atoms with Crippen molar-refractivity contribution in [2.24, 2.45) is 0 Å². The Hall–Kier alpha value is -2.80. The van der Waals surface area contributed by atoms with Crippen molar-refractivity contribution in [1.82, 2.24) is 4.90 Å². The molecule has 2 rings (SSSR count). The van der Waals surface area contributed by atoms with Gasteiger partial charge in [-0.2, -0.15) is 0 Å². The number of nitrogens with zero attached hydrogens (tertiary/aromatic N) is 1. The van der Waals surface area contributed by atoms with Crippen LogP contribution in [0.4, 0.5) is 11.4 Å². The molecule has 7 heteroatoms. The molecule has 2 aromatic rings. The zero-order valence-corrected chi connectivity index (χ0v) is 16.4. The van der Waals surface area contributed by atoms with Gasteiger partial charge in [-0.3, -0.25) is 14.4 Å². The fraction of sp³-hybridized carbons (Fsp3) is 0.250. The summed E-state index contributed by atoms with van der Waals surface area (Å²) in [6.07, 6.45) is 0. The van der Waals surface area contributed by atoms with Gasteiger partial charge in [-0.25, -0.2) is 0 Å². The number of anilines is 2. The Bertz CT molecular complexity index is 819. The van der Waals surface area contributed by atoms with Gasteiger partial charge < -0.3 is 15.5 Å². The summed E-state index contributed by atoms with van der Waals surface area (Å²) in [5.74, 6) is -0.0832. The number of nitrogens with one attached hydrogen (secondary N) is 2. The molecule has 2 N–H and O–H groups in total. The Morgan fingerprint density at radius 2 is 1.48 bits per heavy atom. The van der Waals surface area contributed by atoms with E-state index >= 15 is 0 Å². The summed E-state index contributed by atoms with van der Waals surface area (Å²) in [4.78, 5) is 37.2. The van der Waals surface area contributed by atoms with Gasteiger partial charge in [-0.1, -0.05) is 12.1 Å². The monoisotopic (exact) mass is 385 g/mol. The van der Waals surface area contributed by atoms with Crippen molar-refractivity contribution >= 4 is 40.9 Å². The van der Waals surface area contributed by atoms with Crippen LogP contribution in [0.2, 0.25) is 0 Å². The third-order valence-electron chi connectivity index (χ3n) is 3.59. The lowest BCUT2D eigenvalue weighted by molar-refractivity contribution is -0.114. The van der Waals surface area contributed by atoms with Gasteiger partial charge in [0, 0.05) is 31.0 Å². The summed E-state index contributed by atoms with van der Waals surface area (Å²) in [5.41, 5.74) is 2.98. The Balaban J connectivity index is 1.74. The van der Waals surface area contributed by atoms with Gasteiger partial charge >= 0.3 is 0 Å². The van der Waals surface area contributed by atoms with E-state index < -0.39 is 0 Å². The number of aryl methyl sites for hydroxylation is 1. The van der Waals surface area contributed by atoms with E-state index in [0.29, 0.717) is 11.3 Å². The fourth-order valence-electron chi connectivity index (χ4n) is 2.31. The van der Waals surface area contributed by atoms with Crippen molar-refractivity contribution < 1.29 is 14.4 Å². The molecule has 0 aromatic heterocycles. The number of rotatable bonds is 7. The van der Waals surface area contributed by atoms with Gasteiger partial charge in [0.1, 0.15) is 0 Å². The Morgan fingerprint density at radius 1 is 0.889 bits per heavy atom. The number of carbonyl (C=O) groups excluding carboxylic acids is 3. The third kappa shape index (κ3) is 6.79. The highest BCUT2D eigenvalue weighted by Gasteiger charge is 2.09. The highest BCUT2D eigenvalue weighted by atomic mass is 32.2. The topological polar surface area (TPSA) is 78.5 Å². The van der Waals surface area contributed by atoms with E-state index in [1.165, 1.54) is 16.7 Å². The third-order valence-corrected chi connectivity index (χ3v) is 4.52. The predicted octanol–water partition coefficient (Wildman–Crippen LogP) is 3.01. The molecule has 0 aliphatic rings. The molecule has 0 radical (unpaired) electrons. The molecule has 3 amide bonds. The van der Waals surface area contributed by atoms with Crippen LogP contribution < -0.4 is 10.6 Å². The molecule has 0 heterocycles. The summed E-state index contributed by atoms with van der Waals surface area (Å²) in [6.45, 7) is 1.96. The van der Waals surface area contributed by atoms with Gasteiger partial charge in [-0.15, -0.1) is 11.8 Å². The maximum Gasteiger partial charge on any atom is 0.253 e. The molecule has 27 heavy (non-hydrogen) atoms. The number of carbonyl (C=O) groups is 3. The maximum absolute atomic E-state index is 12.0. The van der Waals surface area contributed by atoms with Crippen LogP contribution in [0.3, 0.4) is 0 Å². The maximum atomic E-state index is 12.0. The highest BCUT2D eigenvalue weighted by Crippen LogP contribution is 2.13. The van der Waals surface area contributed by atoms with Gasteiger partial charge in [0.2, 0.25) is 11.8 Å². The molecule has 6 nitrogen and oxygen atoms in total. The van der Waals surface area contributed by atoms with Crippen LogP contribution >= 0.6 is 11.8 Å². The highest BCUT2D eigenvalue weighted by molar-refractivity contribution is 8.00. The van der Waals surface area contributed by atoms with Crippen LogP contribution in [0, 0.1) is 6.92 Å². The van der Waals surface area contributed by atoms with Crippen LogP contribution in [0.25, 0.3) is 0 Å². The lowest BCUT2D eigenvalue weighted by Crippen LogP contribution is -2.21. The molecule has 142 valence electrons. The largest absolute Gasteiger partial charge is 0.345 e. The van der Waals surface area contributed by atoms with E-state index in [4.69, 9.17) is 0 Å². The van der Waals surface area contributed by atoms with E-state index in [-0.39, 0.29) is 29.2 Å². The zero-order chi connectivity index (χ0) is 19.8. The second kappa shape index (κ2) is 9.78. The fourth-order valence-corrected chi connectivity index (χ4v) is 2.92. The van der Waals surface area contributed by atoms with Crippen molar-refractivity contribution in [3.8, 4) is 0 Å². The Morgan fingerprint density at radius 3 is 2.04 bits per heavy atom. The summed E-state index contributed by atoms with van der Waals surface area (Å²) in [7, 11) is 3.37. The first kappa shape index (κ1) is 20.5. The molecule has 0 saturated carbocycles. The molecule has 0 unspecified atom stereocenters. The van der Waals surface area contributed by atoms with E-state index in [2.05, 4.69) is 10.6 Å². The average Bonchev–Trinajstić information content (AvgIpc) is 2.61. The van der Waals surface area contributed by atoms with Crippen molar-refractivity contribution in [2.75, 3.05) is 36.2 Å². The molecular formula is C20H23N3O3S. The van der Waals surface area contributed by atoms with Gasteiger partial charge in [0.05, 0.1) is 11.5 Å². The predicted molar refractivity (Wildman–Crippen MR) is 110 cm³/mol. The zero-order valence-electron chi connectivity index (χ0n) is 15.6. The van der Waals surface area contributed by atoms with E-state index in [1.54, 1.807) is 38.4 Å². The molecule has 2 aromatic carbocycles. The molecule has 0 atom stereocenters. The van der Waals surface area contributed by atoms with E-state index in [0.717, 1.165) is 11.3 Å². The molecule has 0 aliphatic carbocycles. The standard InChI is InChI=1S/C20H23N3O3S/c1-14-5-4-6-17(11-14)22-19(25)13-27-12-18(24)21-16-9-7-15(8-10-16)20(26)23(2)3/h4-11H,12-13H2,1-3H3,(H,21,24)(H,22,25). The summed E-state index contributed by atoms with van der Waals surface area (Å²) < 4.78 is 0. The van der Waals surface area contributed by atoms with Crippen LogP contribution in [0.1, 0.15) is 15.9 Å². The molecular weight excluding hydrogens is 362 g/mol. The van der Waals surface area contributed by atoms with Crippen LogP contribution in [-0.2, 0) is 9.59 Å². The van der Waals surface area contributed by atoms with Crippen molar-refractivity contribution in [3.05, 3.63) is 59.7 Å². The molecule has 0 fully saturated rings. The second-order valence-electron chi connectivity index (χ2n) is 6.24. The Kier molecular flexibility index (Phi) is 7.43. The first-order valence-corrected chi connectivity index (χ1v) is 9.56. The van der Waals surface area contributed by atoms with Gasteiger partial charge in [0.25, 0.3) is 5.91 Å². The van der Waals surface area contributed by atoms with Crippen molar-refractivity contribution in [2.45, 2.75) is 6.92 Å². The van der Waals surface area contributed by atoms with Crippen molar-refractivity contribution in [1.29, 1.82) is 0 Å². The normalized spacial score (nSPS) is 10.2. The number of thioether (sulfide) groups is 1. The SMILES string of the molecule is Cc1cccc(NC(=O)CSCC(=O)Nc2ccc(C(=O)N(C)C)cc2)c1. The molecule has 0 saturated heterocycles. The van der Waals surface area contributed by atoms with E-state index in [1.807, 2.05) is 31.2 Å². The second-order valence-corrected chi connectivity index (χ2v) is 7.22. The van der Waals surface area contributed by atoms with Crippen LogP contribution in [-0.4, -0.2) is 48.2 Å². The number of amides is 3. The number of hydrogen-bond donors (Lipinski definition) is 2. The van der Waals surface area contributed by atoms with Crippen molar-refractivity contribution in [3.63, 3.8) is 0 Å². The summed E-state index contributed by atoms with van der Waals surface area (Å²) in [5, 5.41) is 5.56. The minimum Gasteiger partial charge on any atom is -0.345 e. The summed E-state index contributed by atoms with van der Waals surface area (Å²) in [6, 6.07) is 14.3. The van der Waals surface area contributed by atoms with Gasteiger partial charge in [0.15, 0.2) is 0 Å². The Labute approximate surface area is 163 Å². The lowest BCUT2D eigenvalue weighted by Gasteiger charge is -2.11. The van der Waals surface area contributed by atoms with Crippen LogP contribution in [0.5, 0.6) is 0 Å².